The van der Waals surface area contributed by atoms with Crippen LogP contribution in [0.4, 0.5) is 0 Å². The van der Waals surface area contributed by atoms with Crippen molar-refractivity contribution in [1.29, 1.82) is 0 Å². The number of ether oxygens (including phenoxy) is 1. The molecule has 0 aliphatic heterocycles. The summed E-state index contributed by atoms with van der Waals surface area (Å²) in [6.07, 6.45) is 0.294. The first kappa shape index (κ1) is 18.4. The average molecular weight is 364 g/mol. The second-order valence-electron chi connectivity index (χ2n) is 6.21. The number of hydrogen-bond acceptors (Lipinski definition) is 4. The minimum atomic E-state index is -0.854. The van der Waals surface area contributed by atoms with Crippen LogP contribution in [0, 0.1) is 0 Å². The summed E-state index contributed by atoms with van der Waals surface area (Å²) in [5.41, 5.74) is 1.47. The fourth-order valence-corrected chi connectivity index (χ4v) is 3.02. The van der Waals surface area contributed by atoms with Crippen LogP contribution in [0.1, 0.15) is 15.9 Å². The maximum absolute atomic E-state index is 12.9. The summed E-state index contributed by atoms with van der Waals surface area (Å²) in [7, 11) is 2.93. The SMILES string of the molecule is COC(=O)[C@H](Cc1ccccc1)NC(=O)c1cc(=O)n(C)c2ccccc12. The van der Waals surface area contributed by atoms with Crippen LogP contribution in [-0.4, -0.2) is 29.6 Å². The highest BCUT2D eigenvalue weighted by Gasteiger charge is 2.24. The number of pyridine rings is 1. The second kappa shape index (κ2) is 7.86. The molecule has 0 saturated heterocycles. The zero-order valence-electron chi connectivity index (χ0n) is 15.1. The van der Waals surface area contributed by atoms with Gasteiger partial charge in [-0.15, -0.1) is 0 Å². The van der Waals surface area contributed by atoms with Gasteiger partial charge in [0.15, 0.2) is 0 Å². The second-order valence-corrected chi connectivity index (χ2v) is 6.21. The maximum atomic E-state index is 12.9. The van der Waals surface area contributed by atoms with E-state index >= 15 is 0 Å². The third-order valence-electron chi connectivity index (χ3n) is 4.47. The Kier molecular flexibility index (Phi) is 5.35. The van der Waals surface area contributed by atoms with E-state index in [1.807, 2.05) is 30.3 Å². The Balaban J connectivity index is 1.94. The van der Waals surface area contributed by atoms with Crippen LogP contribution in [0.15, 0.2) is 65.5 Å². The van der Waals surface area contributed by atoms with Gasteiger partial charge in [-0.3, -0.25) is 9.59 Å². The zero-order chi connectivity index (χ0) is 19.4. The molecule has 0 unspecified atom stereocenters. The number of nitrogens with one attached hydrogen (secondary N) is 1. The van der Waals surface area contributed by atoms with Crippen LogP contribution >= 0.6 is 0 Å². The lowest BCUT2D eigenvalue weighted by molar-refractivity contribution is -0.142. The van der Waals surface area contributed by atoms with Gasteiger partial charge in [0.2, 0.25) is 0 Å². The standard InChI is InChI=1S/C21H20N2O4/c1-23-18-11-7-6-10-15(18)16(13-19(23)24)20(25)22-17(21(26)27-2)12-14-8-4-3-5-9-14/h3-11,13,17H,12H2,1-2H3,(H,22,25)/t17-/m0/s1. The van der Waals surface area contributed by atoms with Gasteiger partial charge in [0.25, 0.3) is 11.5 Å². The Morgan fingerprint density at radius 1 is 1.07 bits per heavy atom. The van der Waals surface area contributed by atoms with Crippen LogP contribution in [0.2, 0.25) is 0 Å². The number of amides is 1. The quantitative estimate of drug-likeness (QED) is 0.703. The normalized spacial score (nSPS) is 11.8. The van der Waals surface area contributed by atoms with Gasteiger partial charge < -0.3 is 14.6 Å². The van der Waals surface area contributed by atoms with E-state index in [4.69, 9.17) is 4.74 Å². The lowest BCUT2D eigenvalue weighted by atomic mass is 10.0. The largest absolute Gasteiger partial charge is 0.467 e. The number of carbonyl (C=O) groups is 2. The predicted molar refractivity (Wildman–Crippen MR) is 103 cm³/mol. The smallest absolute Gasteiger partial charge is 0.328 e. The van der Waals surface area contributed by atoms with Crippen molar-refractivity contribution in [1.82, 2.24) is 9.88 Å². The van der Waals surface area contributed by atoms with E-state index in [0.717, 1.165) is 5.56 Å². The molecule has 3 aromatic rings. The van der Waals surface area contributed by atoms with E-state index < -0.39 is 17.9 Å². The van der Waals surface area contributed by atoms with Crippen molar-refractivity contribution in [2.24, 2.45) is 7.05 Å². The lowest BCUT2D eigenvalue weighted by Crippen LogP contribution is -2.43. The predicted octanol–water partition coefficient (Wildman–Crippen LogP) is 2.05. The van der Waals surface area contributed by atoms with Crippen molar-refractivity contribution < 1.29 is 14.3 Å². The molecule has 138 valence electrons. The summed E-state index contributed by atoms with van der Waals surface area (Å²) in [5.74, 6) is -1.03. The first-order chi connectivity index (χ1) is 13.0. The van der Waals surface area contributed by atoms with Gasteiger partial charge in [-0.25, -0.2) is 4.79 Å². The van der Waals surface area contributed by atoms with E-state index in [1.165, 1.54) is 17.7 Å². The number of fused-ring (bicyclic) bond motifs is 1. The molecular formula is C21H20N2O4. The van der Waals surface area contributed by atoms with Crippen molar-refractivity contribution in [3.05, 3.63) is 82.1 Å². The number of rotatable bonds is 5. The van der Waals surface area contributed by atoms with E-state index in [2.05, 4.69) is 5.32 Å². The molecule has 0 spiro atoms. The molecule has 1 aromatic heterocycles. The molecule has 2 aromatic carbocycles. The third-order valence-corrected chi connectivity index (χ3v) is 4.47. The van der Waals surface area contributed by atoms with Crippen molar-refractivity contribution in [3.8, 4) is 0 Å². The first-order valence-corrected chi connectivity index (χ1v) is 8.52. The molecule has 0 aliphatic rings. The summed E-state index contributed by atoms with van der Waals surface area (Å²) in [6, 6.07) is 16.9. The van der Waals surface area contributed by atoms with Gasteiger partial charge in [0, 0.05) is 24.9 Å². The van der Waals surface area contributed by atoms with Gasteiger partial charge in [0.05, 0.1) is 18.2 Å². The van der Waals surface area contributed by atoms with Gasteiger partial charge in [-0.1, -0.05) is 48.5 Å². The molecule has 1 N–H and O–H groups in total. The number of esters is 1. The number of aryl methyl sites for hydroxylation is 1. The number of para-hydroxylation sites is 1. The Morgan fingerprint density at radius 2 is 1.74 bits per heavy atom. The van der Waals surface area contributed by atoms with Crippen LogP contribution in [-0.2, 0) is 23.0 Å². The fourth-order valence-electron chi connectivity index (χ4n) is 3.02. The highest BCUT2D eigenvalue weighted by atomic mass is 16.5. The highest BCUT2D eigenvalue weighted by molar-refractivity contribution is 6.07. The lowest BCUT2D eigenvalue weighted by Gasteiger charge is -2.17. The highest BCUT2D eigenvalue weighted by Crippen LogP contribution is 2.16. The number of methoxy groups -OCH3 is 1. The molecule has 0 fully saturated rings. The minimum absolute atomic E-state index is 0.232. The van der Waals surface area contributed by atoms with E-state index in [1.54, 1.807) is 31.3 Å². The summed E-state index contributed by atoms with van der Waals surface area (Å²) in [5, 5.41) is 3.35. The van der Waals surface area contributed by atoms with E-state index in [0.29, 0.717) is 17.3 Å². The molecule has 3 rings (SSSR count). The average Bonchev–Trinajstić information content (AvgIpc) is 2.70. The molecule has 0 aliphatic carbocycles. The number of benzene rings is 2. The number of carbonyl (C=O) groups excluding carboxylic acids is 2. The number of hydrogen-bond donors (Lipinski definition) is 1. The summed E-state index contributed by atoms with van der Waals surface area (Å²) in [4.78, 5) is 37.3. The fraction of sp³-hybridized carbons (Fsp3) is 0.190. The molecule has 1 amide bonds. The minimum Gasteiger partial charge on any atom is -0.467 e. The van der Waals surface area contributed by atoms with Crippen LogP contribution in [0.5, 0.6) is 0 Å². The summed E-state index contributed by atoms with van der Waals surface area (Å²) < 4.78 is 6.31. The summed E-state index contributed by atoms with van der Waals surface area (Å²) >= 11 is 0. The van der Waals surface area contributed by atoms with Crippen molar-refractivity contribution >= 4 is 22.8 Å². The Morgan fingerprint density at radius 3 is 2.44 bits per heavy atom. The molecule has 6 heteroatoms. The van der Waals surface area contributed by atoms with Gasteiger partial charge >= 0.3 is 5.97 Å². The van der Waals surface area contributed by atoms with Crippen molar-refractivity contribution in [3.63, 3.8) is 0 Å². The van der Waals surface area contributed by atoms with Gasteiger partial charge in [0.1, 0.15) is 6.04 Å². The molecule has 0 saturated carbocycles. The molecule has 1 heterocycles. The van der Waals surface area contributed by atoms with Crippen LogP contribution in [0.25, 0.3) is 10.9 Å². The molecule has 1 atom stereocenters. The first-order valence-electron chi connectivity index (χ1n) is 8.52. The molecule has 6 nitrogen and oxygen atoms in total. The molecule has 0 radical (unpaired) electrons. The zero-order valence-corrected chi connectivity index (χ0v) is 15.1. The summed E-state index contributed by atoms with van der Waals surface area (Å²) in [6.45, 7) is 0. The van der Waals surface area contributed by atoms with E-state index in [9.17, 15) is 14.4 Å². The van der Waals surface area contributed by atoms with Crippen LogP contribution < -0.4 is 10.9 Å². The van der Waals surface area contributed by atoms with Gasteiger partial charge in [-0.05, 0) is 11.6 Å². The number of aromatic nitrogens is 1. The van der Waals surface area contributed by atoms with Gasteiger partial charge in [-0.2, -0.15) is 0 Å². The molecular weight excluding hydrogens is 344 g/mol. The maximum Gasteiger partial charge on any atom is 0.328 e. The monoisotopic (exact) mass is 364 g/mol. The van der Waals surface area contributed by atoms with Crippen LogP contribution in [0.3, 0.4) is 0 Å². The van der Waals surface area contributed by atoms with Crippen molar-refractivity contribution in [2.75, 3.05) is 7.11 Å². The van der Waals surface area contributed by atoms with E-state index in [-0.39, 0.29) is 11.1 Å². The molecule has 0 bridgehead atoms. The third kappa shape index (κ3) is 3.89. The Bertz CT molecular complexity index is 1040. The molecule has 27 heavy (non-hydrogen) atoms. The Hall–Kier alpha value is -3.41. The van der Waals surface area contributed by atoms with Crippen molar-refractivity contribution in [2.45, 2.75) is 12.5 Å². The number of nitrogens with zero attached hydrogens (tertiary/aromatic N) is 1. The topological polar surface area (TPSA) is 77.4 Å². The Labute approximate surface area is 156 Å².